The van der Waals surface area contributed by atoms with Gasteiger partial charge in [0.25, 0.3) is 0 Å². The Morgan fingerprint density at radius 1 is 1.48 bits per heavy atom. The van der Waals surface area contributed by atoms with Gasteiger partial charge in [0.15, 0.2) is 0 Å². The first-order valence-electron chi connectivity index (χ1n) is 7.50. The van der Waals surface area contributed by atoms with Gasteiger partial charge in [0.1, 0.15) is 12.4 Å². The van der Waals surface area contributed by atoms with Gasteiger partial charge in [0.05, 0.1) is 0 Å². The fraction of sp³-hybridized carbons (Fsp3) is 0.471. The maximum absolute atomic E-state index is 10.6. The number of carboxylic acid groups (broad SMARTS) is 1. The SMILES string of the molecule is CC1CCCN(CCOc2ccccc2/C=C/C(=O)O)C1. The molecule has 1 aliphatic rings. The van der Waals surface area contributed by atoms with Crippen LogP contribution in [-0.2, 0) is 4.79 Å². The van der Waals surface area contributed by atoms with E-state index < -0.39 is 5.97 Å². The number of rotatable bonds is 6. The van der Waals surface area contributed by atoms with E-state index in [0.29, 0.717) is 6.61 Å². The third kappa shape index (κ3) is 5.23. The molecule has 1 N–H and O–H groups in total. The van der Waals surface area contributed by atoms with Crippen molar-refractivity contribution >= 4 is 12.0 Å². The van der Waals surface area contributed by atoms with Gasteiger partial charge in [-0.2, -0.15) is 0 Å². The molecule has 0 bridgehead atoms. The molecule has 1 heterocycles. The van der Waals surface area contributed by atoms with E-state index in [1.165, 1.54) is 12.8 Å². The lowest BCUT2D eigenvalue weighted by atomic mass is 10.0. The number of nitrogens with zero attached hydrogens (tertiary/aromatic N) is 1. The van der Waals surface area contributed by atoms with Crippen LogP contribution in [0.25, 0.3) is 6.08 Å². The van der Waals surface area contributed by atoms with Gasteiger partial charge < -0.3 is 9.84 Å². The Bertz CT molecular complexity index is 499. The van der Waals surface area contributed by atoms with Crippen LogP contribution in [0.1, 0.15) is 25.3 Å². The van der Waals surface area contributed by atoms with Gasteiger partial charge >= 0.3 is 5.97 Å². The predicted octanol–water partition coefficient (Wildman–Crippen LogP) is 2.90. The van der Waals surface area contributed by atoms with Crippen molar-refractivity contribution in [2.24, 2.45) is 5.92 Å². The molecule has 0 saturated carbocycles. The summed E-state index contributed by atoms with van der Waals surface area (Å²) in [6.07, 6.45) is 5.29. The van der Waals surface area contributed by atoms with Gasteiger partial charge in [-0.25, -0.2) is 4.79 Å². The standard InChI is InChI=1S/C17H23NO3/c1-14-5-4-10-18(13-14)11-12-21-16-7-3-2-6-15(16)8-9-17(19)20/h2-3,6-9,14H,4-5,10-13H2,1H3,(H,19,20)/b9-8+. The molecule has 1 aliphatic heterocycles. The van der Waals surface area contributed by atoms with E-state index in [0.717, 1.165) is 42.9 Å². The largest absolute Gasteiger partial charge is 0.492 e. The summed E-state index contributed by atoms with van der Waals surface area (Å²) in [6, 6.07) is 7.51. The second-order valence-corrected chi connectivity index (χ2v) is 5.61. The molecule has 0 aliphatic carbocycles. The third-order valence-electron chi connectivity index (χ3n) is 3.73. The molecule has 21 heavy (non-hydrogen) atoms. The minimum atomic E-state index is -0.952. The van der Waals surface area contributed by atoms with Crippen molar-refractivity contribution in [1.82, 2.24) is 4.90 Å². The molecule has 1 saturated heterocycles. The van der Waals surface area contributed by atoms with Crippen molar-refractivity contribution < 1.29 is 14.6 Å². The average molecular weight is 289 g/mol. The molecule has 0 spiro atoms. The second kappa shape index (κ2) is 7.84. The molecule has 1 aromatic carbocycles. The fourth-order valence-electron chi connectivity index (χ4n) is 2.69. The van der Waals surface area contributed by atoms with E-state index in [2.05, 4.69) is 11.8 Å². The van der Waals surface area contributed by atoms with Crippen molar-refractivity contribution in [1.29, 1.82) is 0 Å². The maximum atomic E-state index is 10.6. The van der Waals surface area contributed by atoms with E-state index >= 15 is 0 Å². The van der Waals surface area contributed by atoms with Crippen LogP contribution in [0.5, 0.6) is 5.75 Å². The first kappa shape index (κ1) is 15.6. The zero-order valence-electron chi connectivity index (χ0n) is 12.5. The number of piperidine rings is 1. The Hall–Kier alpha value is -1.81. The molecule has 4 nitrogen and oxygen atoms in total. The smallest absolute Gasteiger partial charge is 0.328 e. The van der Waals surface area contributed by atoms with E-state index in [1.54, 1.807) is 6.08 Å². The quantitative estimate of drug-likeness (QED) is 0.818. The minimum absolute atomic E-state index is 0.630. The zero-order chi connectivity index (χ0) is 15.1. The van der Waals surface area contributed by atoms with Crippen molar-refractivity contribution in [3.8, 4) is 5.75 Å². The Morgan fingerprint density at radius 3 is 3.05 bits per heavy atom. The summed E-state index contributed by atoms with van der Waals surface area (Å²) in [6.45, 7) is 6.13. The number of hydrogen-bond acceptors (Lipinski definition) is 3. The van der Waals surface area contributed by atoms with Crippen LogP contribution >= 0.6 is 0 Å². The van der Waals surface area contributed by atoms with Gasteiger partial charge in [-0.15, -0.1) is 0 Å². The van der Waals surface area contributed by atoms with E-state index in [9.17, 15) is 4.79 Å². The number of para-hydroxylation sites is 1. The molecule has 0 aromatic heterocycles. The molecule has 1 unspecified atom stereocenters. The van der Waals surface area contributed by atoms with E-state index in [1.807, 2.05) is 24.3 Å². The average Bonchev–Trinajstić information content (AvgIpc) is 2.46. The van der Waals surface area contributed by atoms with E-state index in [4.69, 9.17) is 9.84 Å². The summed E-state index contributed by atoms with van der Waals surface area (Å²) >= 11 is 0. The van der Waals surface area contributed by atoms with E-state index in [-0.39, 0.29) is 0 Å². The highest BCUT2D eigenvalue weighted by atomic mass is 16.5. The molecular weight excluding hydrogens is 266 g/mol. The lowest BCUT2D eigenvalue weighted by Crippen LogP contribution is -2.37. The Kier molecular flexibility index (Phi) is 5.81. The van der Waals surface area contributed by atoms with Crippen LogP contribution < -0.4 is 4.74 Å². The minimum Gasteiger partial charge on any atom is -0.492 e. The monoisotopic (exact) mass is 289 g/mol. The Morgan fingerprint density at radius 2 is 2.29 bits per heavy atom. The van der Waals surface area contributed by atoms with Crippen LogP contribution in [0, 0.1) is 5.92 Å². The number of benzene rings is 1. The van der Waals surface area contributed by atoms with Gasteiger partial charge in [-0.3, -0.25) is 4.90 Å². The van der Waals surface area contributed by atoms with Crippen molar-refractivity contribution in [3.05, 3.63) is 35.9 Å². The summed E-state index contributed by atoms with van der Waals surface area (Å²) in [7, 11) is 0. The summed E-state index contributed by atoms with van der Waals surface area (Å²) in [5, 5.41) is 8.70. The number of hydrogen-bond donors (Lipinski definition) is 1. The molecule has 114 valence electrons. The highest BCUT2D eigenvalue weighted by molar-refractivity contribution is 5.85. The topological polar surface area (TPSA) is 49.8 Å². The molecule has 1 atom stereocenters. The molecule has 0 amide bonds. The van der Waals surface area contributed by atoms with Crippen LogP contribution in [0.4, 0.5) is 0 Å². The lowest BCUT2D eigenvalue weighted by Gasteiger charge is -2.30. The number of carbonyl (C=O) groups is 1. The maximum Gasteiger partial charge on any atom is 0.328 e. The van der Waals surface area contributed by atoms with Crippen LogP contribution in [0.3, 0.4) is 0 Å². The van der Waals surface area contributed by atoms with Gasteiger partial charge in [0, 0.05) is 24.7 Å². The second-order valence-electron chi connectivity index (χ2n) is 5.61. The predicted molar refractivity (Wildman–Crippen MR) is 83.4 cm³/mol. The summed E-state index contributed by atoms with van der Waals surface area (Å²) in [5.41, 5.74) is 0.798. The van der Waals surface area contributed by atoms with Crippen molar-refractivity contribution in [2.45, 2.75) is 19.8 Å². The number of likely N-dealkylation sites (tertiary alicyclic amines) is 1. The van der Waals surface area contributed by atoms with Crippen LogP contribution in [0.15, 0.2) is 30.3 Å². The fourth-order valence-corrected chi connectivity index (χ4v) is 2.69. The van der Waals surface area contributed by atoms with Gasteiger partial charge in [-0.05, 0) is 37.4 Å². The van der Waals surface area contributed by atoms with Crippen molar-refractivity contribution in [2.75, 3.05) is 26.2 Å². The van der Waals surface area contributed by atoms with Crippen molar-refractivity contribution in [3.63, 3.8) is 0 Å². The molecule has 1 fully saturated rings. The summed E-state index contributed by atoms with van der Waals surface area (Å²) in [5.74, 6) is 0.553. The van der Waals surface area contributed by atoms with Crippen LogP contribution in [-0.4, -0.2) is 42.2 Å². The molecule has 2 rings (SSSR count). The highest BCUT2D eigenvalue weighted by Crippen LogP contribution is 2.20. The first-order valence-corrected chi connectivity index (χ1v) is 7.50. The zero-order valence-corrected chi connectivity index (χ0v) is 12.5. The number of ether oxygens (including phenoxy) is 1. The molecule has 0 radical (unpaired) electrons. The Balaban J connectivity index is 1.86. The first-order chi connectivity index (χ1) is 10.1. The number of aliphatic carboxylic acids is 1. The van der Waals surface area contributed by atoms with Gasteiger partial charge in [0.2, 0.25) is 0 Å². The van der Waals surface area contributed by atoms with Gasteiger partial charge in [-0.1, -0.05) is 25.1 Å². The third-order valence-corrected chi connectivity index (χ3v) is 3.73. The number of carboxylic acids is 1. The normalized spacial score (nSPS) is 19.8. The summed E-state index contributed by atoms with van der Waals surface area (Å²) in [4.78, 5) is 13.0. The Labute approximate surface area is 126 Å². The summed E-state index contributed by atoms with van der Waals surface area (Å²) < 4.78 is 5.82. The highest BCUT2D eigenvalue weighted by Gasteiger charge is 2.15. The molecular formula is C17H23NO3. The molecule has 4 heteroatoms. The lowest BCUT2D eigenvalue weighted by molar-refractivity contribution is -0.131. The van der Waals surface area contributed by atoms with Crippen LogP contribution in [0.2, 0.25) is 0 Å². The molecule has 1 aromatic rings.